The molecule has 0 amide bonds. The lowest BCUT2D eigenvalue weighted by Crippen LogP contribution is -2.24. The van der Waals surface area contributed by atoms with Crippen LogP contribution in [-0.4, -0.2) is 21.7 Å². The molecular formula is C10H16N2O3. The number of carbonyl (C=O) groups excluding carboxylic acids is 1. The zero-order valence-corrected chi connectivity index (χ0v) is 9.10. The molecule has 0 bridgehead atoms. The van der Waals surface area contributed by atoms with Gasteiger partial charge in [-0.05, 0) is 13.8 Å². The zero-order chi connectivity index (χ0) is 11.3. The van der Waals surface area contributed by atoms with E-state index in [1.54, 1.807) is 23.9 Å². The number of rotatable bonds is 5. The van der Waals surface area contributed by atoms with Crippen molar-refractivity contribution < 1.29 is 9.53 Å². The molecule has 0 aliphatic heterocycles. The Morgan fingerprint density at radius 1 is 1.33 bits per heavy atom. The van der Waals surface area contributed by atoms with E-state index in [9.17, 15) is 9.59 Å². The highest BCUT2D eigenvalue weighted by Gasteiger charge is 2.05. The fraction of sp³-hybridized carbons (Fsp3) is 0.600. The first-order valence-corrected chi connectivity index (χ1v) is 5.10. The standard InChI is InChI=1S/C10H16N2O3/c1-3-11-7-8-12(10(11)14)6-5-9(13)15-4-2/h7-8H,3-6H2,1-2H3. The van der Waals surface area contributed by atoms with E-state index in [0.717, 1.165) is 0 Å². The van der Waals surface area contributed by atoms with E-state index in [0.29, 0.717) is 19.7 Å². The second-order valence-electron chi connectivity index (χ2n) is 3.12. The summed E-state index contributed by atoms with van der Waals surface area (Å²) >= 11 is 0. The van der Waals surface area contributed by atoms with Crippen molar-refractivity contribution in [1.82, 2.24) is 9.13 Å². The third-order valence-electron chi connectivity index (χ3n) is 2.12. The Labute approximate surface area is 88.3 Å². The molecule has 1 rings (SSSR count). The van der Waals surface area contributed by atoms with Crippen LogP contribution in [0.25, 0.3) is 0 Å². The summed E-state index contributed by atoms with van der Waals surface area (Å²) in [5, 5.41) is 0. The number of ether oxygens (including phenoxy) is 1. The van der Waals surface area contributed by atoms with Gasteiger partial charge < -0.3 is 4.74 Å². The average molecular weight is 212 g/mol. The van der Waals surface area contributed by atoms with Crippen LogP contribution in [0.2, 0.25) is 0 Å². The highest BCUT2D eigenvalue weighted by atomic mass is 16.5. The lowest BCUT2D eigenvalue weighted by molar-refractivity contribution is -0.143. The molecule has 0 saturated heterocycles. The molecule has 0 aromatic carbocycles. The van der Waals surface area contributed by atoms with Crippen LogP contribution in [0.3, 0.4) is 0 Å². The minimum Gasteiger partial charge on any atom is -0.466 e. The Morgan fingerprint density at radius 3 is 2.53 bits per heavy atom. The van der Waals surface area contributed by atoms with Gasteiger partial charge in [0.1, 0.15) is 0 Å². The molecule has 5 heteroatoms. The Bertz CT molecular complexity index is 378. The van der Waals surface area contributed by atoms with Crippen LogP contribution in [0.15, 0.2) is 17.2 Å². The van der Waals surface area contributed by atoms with Gasteiger partial charge >= 0.3 is 11.7 Å². The van der Waals surface area contributed by atoms with Crippen molar-refractivity contribution in [3.8, 4) is 0 Å². The maximum absolute atomic E-state index is 11.5. The van der Waals surface area contributed by atoms with Crippen molar-refractivity contribution in [1.29, 1.82) is 0 Å². The van der Waals surface area contributed by atoms with Crippen LogP contribution in [-0.2, 0) is 22.6 Å². The summed E-state index contributed by atoms with van der Waals surface area (Å²) in [6.45, 7) is 5.06. The first kappa shape index (κ1) is 11.6. The fourth-order valence-corrected chi connectivity index (χ4v) is 1.31. The summed E-state index contributed by atoms with van der Waals surface area (Å²) in [7, 11) is 0. The Kier molecular flexibility index (Phi) is 4.15. The van der Waals surface area contributed by atoms with E-state index < -0.39 is 0 Å². The van der Waals surface area contributed by atoms with Gasteiger partial charge in [-0.3, -0.25) is 13.9 Å². The normalized spacial score (nSPS) is 10.3. The summed E-state index contributed by atoms with van der Waals surface area (Å²) in [6.07, 6.45) is 3.64. The molecule has 15 heavy (non-hydrogen) atoms. The topological polar surface area (TPSA) is 53.2 Å². The quantitative estimate of drug-likeness (QED) is 0.672. The van der Waals surface area contributed by atoms with E-state index in [2.05, 4.69) is 0 Å². The second-order valence-corrected chi connectivity index (χ2v) is 3.12. The third kappa shape index (κ3) is 2.97. The fourth-order valence-electron chi connectivity index (χ4n) is 1.31. The maximum Gasteiger partial charge on any atom is 0.328 e. The lowest BCUT2D eigenvalue weighted by Gasteiger charge is -2.01. The molecule has 0 atom stereocenters. The number of hydrogen-bond donors (Lipinski definition) is 0. The molecule has 84 valence electrons. The number of carbonyl (C=O) groups is 1. The molecule has 1 aromatic rings. The van der Waals surface area contributed by atoms with Crippen molar-refractivity contribution in [2.75, 3.05) is 6.61 Å². The molecule has 0 unspecified atom stereocenters. The number of hydrogen-bond acceptors (Lipinski definition) is 3. The lowest BCUT2D eigenvalue weighted by atomic mass is 10.4. The van der Waals surface area contributed by atoms with Crippen molar-refractivity contribution in [2.24, 2.45) is 0 Å². The SMILES string of the molecule is CCOC(=O)CCn1ccn(CC)c1=O. The first-order valence-electron chi connectivity index (χ1n) is 5.10. The van der Waals surface area contributed by atoms with Gasteiger partial charge in [0.2, 0.25) is 0 Å². The van der Waals surface area contributed by atoms with Crippen molar-refractivity contribution in [2.45, 2.75) is 33.4 Å². The molecule has 0 aliphatic rings. The predicted molar refractivity (Wildman–Crippen MR) is 55.6 cm³/mol. The van der Waals surface area contributed by atoms with Gasteiger partial charge in [0, 0.05) is 25.5 Å². The van der Waals surface area contributed by atoms with Crippen LogP contribution < -0.4 is 5.69 Å². The Hall–Kier alpha value is -1.52. The molecule has 1 heterocycles. The van der Waals surface area contributed by atoms with E-state index in [1.807, 2.05) is 6.92 Å². The smallest absolute Gasteiger partial charge is 0.328 e. The molecule has 5 nitrogen and oxygen atoms in total. The van der Waals surface area contributed by atoms with E-state index in [4.69, 9.17) is 4.74 Å². The second kappa shape index (κ2) is 5.38. The number of aromatic nitrogens is 2. The molecule has 0 spiro atoms. The van der Waals surface area contributed by atoms with Crippen molar-refractivity contribution in [3.63, 3.8) is 0 Å². The average Bonchev–Trinajstić information content (AvgIpc) is 2.57. The van der Waals surface area contributed by atoms with E-state index in [1.165, 1.54) is 4.57 Å². The van der Waals surface area contributed by atoms with E-state index >= 15 is 0 Å². The molecule has 0 saturated carbocycles. The molecule has 1 aromatic heterocycles. The summed E-state index contributed by atoms with van der Waals surface area (Å²) in [4.78, 5) is 22.6. The van der Waals surface area contributed by atoms with Gasteiger partial charge in [-0.1, -0.05) is 0 Å². The third-order valence-corrected chi connectivity index (χ3v) is 2.12. The monoisotopic (exact) mass is 212 g/mol. The van der Waals surface area contributed by atoms with Gasteiger partial charge in [-0.25, -0.2) is 4.79 Å². The van der Waals surface area contributed by atoms with Crippen LogP contribution in [0, 0.1) is 0 Å². The summed E-state index contributed by atoms with van der Waals surface area (Å²) in [5.74, 6) is -0.270. The van der Waals surface area contributed by atoms with Gasteiger partial charge in [-0.2, -0.15) is 0 Å². The minimum atomic E-state index is -0.270. The van der Waals surface area contributed by atoms with Crippen LogP contribution in [0.1, 0.15) is 20.3 Å². The van der Waals surface area contributed by atoms with Crippen LogP contribution >= 0.6 is 0 Å². The predicted octanol–water partition coefficient (Wildman–Crippen LogP) is 0.623. The highest BCUT2D eigenvalue weighted by Crippen LogP contribution is 1.92. The molecule has 0 aliphatic carbocycles. The zero-order valence-electron chi connectivity index (χ0n) is 9.10. The number of esters is 1. The van der Waals surface area contributed by atoms with Crippen LogP contribution in [0.5, 0.6) is 0 Å². The number of nitrogens with zero attached hydrogens (tertiary/aromatic N) is 2. The molecule has 0 radical (unpaired) electrons. The van der Waals surface area contributed by atoms with E-state index in [-0.39, 0.29) is 18.1 Å². The number of imidazole rings is 1. The Morgan fingerprint density at radius 2 is 2.00 bits per heavy atom. The summed E-state index contributed by atoms with van der Waals surface area (Å²) in [5.41, 5.74) is -0.0817. The maximum atomic E-state index is 11.5. The largest absolute Gasteiger partial charge is 0.466 e. The van der Waals surface area contributed by atoms with Crippen molar-refractivity contribution in [3.05, 3.63) is 22.9 Å². The van der Waals surface area contributed by atoms with Crippen molar-refractivity contribution >= 4 is 5.97 Å². The minimum absolute atomic E-state index is 0.0817. The summed E-state index contributed by atoms with van der Waals surface area (Å²) in [6, 6.07) is 0. The highest BCUT2D eigenvalue weighted by molar-refractivity contribution is 5.69. The Balaban J connectivity index is 2.54. The van der Waals surface area contributed by atoms with Crippen LogP contribution in [0.4, 0.5) is 0 Å². The molecular weight excluding hydrogens is 196 g/mol. The van der Waals surface area contributed by atoms with Gasteiger partial charge in [0.05, 0.1) is 13.0 Å². The van der Waals surface area contributed by atoms with Gasteiger partial charge in [0.25, 0.3) is 0 Å². The molecule has 0 fully saturated rings. The molecule has 0 N–H and O–H groups in total. The van der Waals surface area contributed by atoms with Gasteiger partial charge in [-0.15, -0.1) is 0 Å². The number of aryl methyl sites for hydroxylation is 2. The van der Waals surface area contributed by atoms with Gasteiger partial charge in [0.15, 0.2) is 0 Å². The summed E-state index contributed by atoms with van der Waals surface area (Å²) < 4.78 is 7.88. The first-order chi connectivity index (χ1) is 7.19.